The maximum Gasteiger partial charge on any atom is 0.230 e. The van der Waals surface area contributed by atoms with Gasteiger partial charge in [-0.05, 0) is 47.7 Å². The minimum absolute atomic E-state index is 0.0549. The van der Waals surface area contributed by atoms with Crippen molar-refractivity contribution in [3.8, 4) is 27.9 Å². The second kappa shape index (κ2) is 11.0. The Morgan fingerprint density at radius 2 is 1.85 bits per heavy atom. The third-order valence-electron chi connectivity index (χ3n) is 4.91. The number of methoxy groups -OCH3 is 2. The van der Waals surface area contributed by atoms with Gasteiger partial charge in [0, 0.05) is 12.2 Å². The van der Waals surface area contributed by atoms with Crippen LogP contribution in [0.5, 0.6) is 11.5 Å². The highest BCUT2D eigenvalue weighted by atomic mass is 32.2. The van der Waals surface area contributed by atoms with Gasteiger partial charge >= 0.3 is 0 Å². The summed E-state index contributed by atoms with van der Waals surface area (Å²) >= 11 is 2.98. The summed E-state index contributed by atoms with van der Waals surface area (Å²) in [4.78, 5) is 13.5. The molecule has 170 valence electrons. The third kappa shape index (κ3) is 5.55. The number of para-hydroxylation sites is 1. The van der Waals surface area contributed by atoms with Crippen LogP contribution in [0, 0.1) is 0 Å². The Kier molecular flexibility index (Phi) is 7.64. The van der Waals surface area contributed by atoms with Crippen molar-refractivity contribution in [2.75, 3.05) is 26.5 Å². The van der Waals surface area contributed by atoms with Gasteiger partial charge in [-0.2, -0.15) is 0 Å². The Bertz CT molecular complexity index is 1190. The predicted molar refractivity (Wildman–Crippen MR) is 132 cm³/mol. The van der Waals surface area contributed by atoms with Crippen molar-refractivity contribution < 1.29 is 14.3 Å². The van der Waals surface area contributed by atoms with Crippen molar-refractivity contribution in [1.29, 1.82) is 0 Å². The highest BCUT2D eigenvalue weighted by molar-refractivity contribution is 7.99. The molecule has 2 heterocycles. The lowest BCUT2D eigenvalue weighted by Crippen LogP contribution is -2.27. The zero-order valence-corrected chi connectivity index (χ0v) is 20.0. The van der Waals surface area contributed by atoms with Gasteiger partial charge < -0.3 is 14.8 Å². The Hall–Kier alpha value is -3.30. The van der Waals surface area contributed by atoms with Gasteiger partial charge in [-0.1, -0.05) is 42.1 Å². The van der Waals surface area contributed by atoms with E-state index in [4.69, 9.17) is 9.47 Å². The Balaban J connectivity index is 1.38. The van der Waals surface area contributed by atoms with Crippen LogP contribution in [0.15, 0.2) is 71.2 Å². The summed E-state index contributed by atoms with van der Waals surface area (Å²) < 4.78 is 12.6. The average molecular weight is 481 g/mol. The molecule has 9 heteroatoms. The van der Waals surface area contributed by atoms with E-state index in [1.54, 1.807) is 25.6 Å². The van der Waals surface area contributed by atoms with E-state index in [0.717, 1.165) is 22.0 Å². The first-order valence-corrected chi connectivity index (χ1v) is 12.2. The number of benzene rings is 2. The molecule has 0 bridgehead atoms. The van der Waals surface area contributed by atoms with E-state index >= 15 is 0 Å². The van der Waals surface area contributed by atoms with Crippen molar-refractivity contribution in [2.45, 2.75) is 11.6 Å². The Labute approximate surface area is 200 Å². The van der Waals surface area contributed by atoms with Crippen molar-refractivity contribution >= 4 is 29.0 Å². The summed E-state index contributed by atoms with van der Waals surface area (Å²) in [7, 11) is 3.22. The summed E-state index contributed by atoms with van der Waals surface area (Å²) in [5.41, 5.74) is 2.02. The van der Waals surface area contributed by atoms with Crippen LogP contribution in [0.25, 0.3) is 16.4 Å². The summed E-state index contributed by atoms with van der Waals surface area (Å²) in [6, 6.07) is 19.7. The molecule has 4 aromatic rings. The molecule has 2 aromatic carbocycles. The zero-order chi connectivity index (χ0) is 23.0. The summed E-state index contributed by atoms with van der Waals surface area (Å²) in [6.07, 6.45) is 0.694. The number of aromatic nitrogens is 3. The summed E-state index contributed by atoms with van der Waals surface area (Å²) in [5.74, 6) is 2.33. The molecule has 0 saturated carbocycles. The van der Waals surface area contributed by atoms with Crippen molar-refractivity contribution in [3.63, 3.8) is 0 Å². The van der Waals surface area contributed by atoms with E-state index in [-0.39, 0.29) is 11.7 Å². The van der Waals surface area contributed by atoms with Gasteiger partial charge in [-0.3, -0.25) is 9.36 Å². The molecule has 0 unspecified atom stereocenters. The van der Waals surface area contributed by atoms with E-state index in [1.807, 2.05) is 70.6 Å². The van der Waals surface area contributed by atoms with E-state index in [0.29, 0.717) is 29.6 Å². The van der Waals surface area contributed by atoms with Gasteiger partial charge in [0.25, 0.3) is 0 Å². The standard InChI is InChI=1S/C24H24N4O3S2/c1-30-19-11-10-17(15-20(19)31-2)12-13-25-22(29)16-33-24-27-26-23(21-9-6-14-32-21)28(24)18-7-4-3-5-8-18/h3-11,14-15H,12-13,16H2,1-2H3,(H,25,29). The van der Waals surface area contributed by atoms with Gasteiger partial charge in [0.2, 0.25) is 5.91 Å². The molecule has 1 N–H and O–H groups in total. The van der Waals surface area contributed by atoms with Crippen LogP contribution >= 0.6 is 23.1 Å². The number of thiophene rings is 1. The highest BCUT2D eigenvalue weighted by Crippen LogP contribution is 2.30. The first-order chi connectivity index (χ1) is 16.2. The quantitative estimate of drug-likeness (QED) is 0.338. The Morgan fingerprint density at radius 3 is 2.58 bits per heavy atom. The minimum atomic E-state index is -0.0549. The monoisotopic (exact) mass is 480 g/mol. The number of thioether (sulfide) groups is 1. The number of ether oxygens (including phenoxy) is 2. The maximum atomic E-state index is 12.5. The molecule has 0 atom stereocenters. The SMILES string of the molecule is COc1ccc(CCNC(=O)CSc2nnc(-c3cccs3)n2-c2ccccc2)cc1OC. The average Bonchev–Trinajstić information content (AvgIpc) is 3.53. The van der Waals surface area contributed by atoms with Crippen LogP contribution in [0.3, 0.4) is 0 Å². The van der Waals surface area contributed by atoms with Crippen molar-refractivity contribution in [1.82, 2.24) is 20.1 Å². The number of nitrogens with zero attached hydrogens (tertiary/aromatic N) is 3. The molecular formula is C24H24N4O3S2. The maximum absolute atomic E-state index is 12.5. The fourth-order valence-electron chi connectivity index (χ4n) is 3.30. The molecular weight excluding hydrogens is 456 g/mol. The molecule has 0 aliphatic rings. The van der Waals surface area contributed by atoms with Crippen LogP contribution < -0.4 is 14.8 Å². The van der Waals surface area contributed by atoms with Crippen LogP contribution in [0.2, 0.25) is 0 Å². The lowest BCUT2D eigenvalue weighted by molar-refractivity contribution is -0.118. The second-order valence-corrected chi connectivity index (χ2v) is 8.92. The number of carbonyl (C=O) groups excluding carboxylic acids is 1. The first kappa shape index (κ1) is 22.9. The molecule has 0 fully saturated rings. The molecule has 0 aliphatic carbocycles. The second-order valence-electron chi connectivity index (χ2n) is 7.03. The third-order valence-corrected chi connectivity index (χ3v) is 6.70. The molecule has 4 rings (SSSR count). The van der Waals surface area contributed by atoms with Crippen LogP contribution in [0.4, 0.5) is 0 Å². The lowest BCUT2D eigenvalue weighted by atomic mass is 10.1. The predicted octanol–water partition coefficient (Wildman–Crippen LogP) is 4.46. The summed E-state index contributed by atoms with van der Waals surface area (Å²) in [5, 5.41) is 14.4. The number of hydrogen-bond donors (Lipinski definition) is 1. The van der Waals surface area contributed by atoms with Crippen molar-refractivity contribution in [3.05, 3.63) is 71.6 Å². The number of hydrogen-bond acceptors (Lipinski definition) is 7. The number of carbonyl (C=O) groups is 1. The van der Waals surface area contributed by atoms with Gasteiger partial charge in [-0.25, -0.2) is 0 Å². The number of rotatable bonds is 10. The molecule has 2 aromatic heterocycles. The van der Waals surface area contributed by atoms with Crippen LogP contribution in [-0.2, 0) is 11.2 Å². The fraction of sp³-hybridized carbons (Fsp3) is 0.208. The van der Waals surface area contributed by atoms with E-state index in [9.17, 15) is 4.79 Å². The van der Waals surface area contributed by atoms with Gasteiger partial charge in [0.1, 0.15) is 0 Å². The largest absolute Gasteiger partial charge is 0.493 e. The van der Waals surface area contributed by atoms with Crippen LogP contribution in [-0.4, -0.2) is 47.2 Å². The molecule has 33 heavy (non-hydrogen) atoms. The normalized spacial score (nSPS) is 10.7. The smallest absolute Gasteiger partial charge is 0.230 e. The summed E-state index contributed by atoms with van der Waals surface area (Å²) in [6.45, 7) is 0.528. The van der Waals surface area contributed by atoms with Crippen molar-refractivity contribution in [2.24, 2.45) is 0 Å². The molecule has 0 aliphatic heterocycles. The lowest BCUT2D eigenvalue weighted by Gasteiger charge is -2.11. The van der Waals surface area contributed by atoms with Gasteiger partial charge in [-0.15, -0.1) is 21.5 Å². The number of amides is 1. The topological polar surface area (TPSA) is 78.3 Å². The van der Waals surface area contributed by atoms with Crippen LogP contribution in [0.1, 0.15) is 5.56 Å². The molecule has 7 nitrogen and oxygen atoms in total. The molecule has 0 radical (unpaired) electrons. The molecule has 0 saturated heterocycles. The van der Waals surface area contributed by atoms with Gasteiger partial charge in [0.15, 0.2) is 22.5 Å². The minimum Gasteiger partial charge on any atom is -0.493 e. The van der Waals surface area contributed by atoms with E-state index < -0.39 is 0 Å². The van der Waals surface area contributed by atoms with E-state index in [1.165, 1.54) is 11.8 Å². The zero-order valence-electron chi connectivity index (χ0n) is 18.4. The fourth-order valence-corrected chi connectivity index (χ4v) is 4.78. The van der Waals surface area contributed by atoms with Gasteiger partial charge in [0.05, 0.1) is 24.8 Å². The molecule has 1 amide bonds. The highest BCUT2D eigenvalue weighted by Gasteiger charge is 2.17. The van der Waals surface area contributed by atoms with E-state index in [2.05, 4.69) is 15.5 Å². The number of nitrogens with one attached hydrogen (secondary N) is 1. The molecule has 0 spiro atoms. The first-order valence-electron chi connectivity index (χ1n) is 10.3. The Morgan fingerprint density at radius 1 is 1.03 bits per heavy atom.